The Kier molecular flexibility index (Phi) is 3.10. The van der Waals surface area contributed by atoms with Gasteiger partial charge < -0.3 is 10.6 Å². The van der Waals surface area contributed by atoms with Crippen molar-refractivity contribution in [1.29, 1.82) is 0 Å². The van der Waals surface area contributed by atoms with Crippen LogP contribution in [-0.4, -0.2) is 38.2 Å². The third-order valence-corrected chi connectivity index (χ3v) is 4.14. The number of anilines is 2. The fourth-order valence-electron chi connectivity index (χ4n) is 3.01. The Morgan fingerprint density at radius 2 is 2.09 bits per heavy atom. The summed E-state index contributed by atoms with van der Waals surface area (Å²) in [6, 6.07) is 5.88. The third kappa shape index (κ3) is 2.24. The highest BCUT2D eigenvalue weighted by Crippen LogP contribution is 2.29. The number of rotatable bonds is 2. The Hall–Kier alpha value is -2.70. The number of nitrogens with two attached hydrogens (primary N) is 1. The van der Waals surface area contributed by atoms with E-state index in [1.807, 2.05) is 18.2 Å². The Morgan fingerprint density at radius 3 is 2.95 bits per heavy atom. The molecule has 0 radical (unpaired) electrons. The maximum Gasteiger partial charge on any atom is 0.225 e. The molecule has 0 spiro atoms. The molecule has 1 atom stereocenters. The summed E-state index contributed by atoms with van der Waals surface area (Å²) in [6.07, 6.45) is 5.78. The van der Waals surface area contributed by atoms with E-state index in [4.69, 9.17) is 5.73 Å². The molecule has 112 valence electrons. The van der Waals surface area contributed by atoms with E-state index in [9.17, 15) is 0 Å². The number of fused-ring (bicyclic) bond motifs is 1. The first kappa shape index (κ1) is 13.0. The van der Waals surface area contributed by atoms with Crippen LogP contribution in [0.25, 0.3) is 11.0 Å². The first-order valence-electron chi connectivity index (χ1n) is 7.44. The zero-order chi connectivity index (χ0) is 14.9. The molecular weight excluding hydrogens is 278 g/mol. The summed E-state index contributed by atoms with van der Waals surface area (Å²) in [4.78, 5) is 15.6. The predicted octanol–water partition coefficient (Wildman–Crippen LogP) is 1.71. The quantitative estimate of drug-likeness (QED) is 0.747. The van der Waals surface area contributed by atoms with Crippen molar-refractivity contribution in [2.45, 2.75) is 18.8 Å². The third-order valence-electron chi connectivity index (χ3n) is 4.14. The summed E-state index contributed by atoms with van der Waals surface area (Å²) < 4.78 is 0. The SMILES string of the molecule is Nc1[nH]nc2nc([C@@H]3CCCN(c4ncccn4)C3)ccc12. The summed E-state index contributed by atoms with van der Waals surface area (Å²) in [5.74, 6) is 1.72. The van der Waals surface area contributed by atoms with Crippen LogP contribution in [0.1, 0.15) is 24.5 Å². The lowest BCUT2D eigenvalue weighted by atomic mass is 9.94. The zero-order valence-electron chi connectivity index (χ0n) is 12.1. The van der Waals surface area contributed by atoms with Gasteiger partial charge in [-0.3, -0.25) is 5.10 Å². The van der Waals surface area contributed by atoms with E-state index in [0.717, 1.165) is 43.0 Å². The Morgan fingerprint density at radius 1 is 1.23 bits per heavy atom. The molecule has 0 amide bonds. The van der Waals surface area contributed by atoms with Gasteiger partial charge in [-0.2, -0.15) is 5.10 Å². The van der Waals surface area contributed by atoms with E-state index in [2.05, 4.69) is 30.0 Å². The highest BCUT2D eigenvalue weighted by Gasteiger charge is 2.24. The Balaban J connectivity index is 1.61. The van der Waals surface area contributed by atoms with E-state index < -0.39 is 0 Å². The van der Waals surface area contributed by atoms with E-state index in [1.165, 1.54) is 0 Å². The first-order valence-corrected chi connectivity index (χ1v) is 7.44. The highest BCUT2D eigenvalue weighted by molar-refractivity contribution is 5.85. The van der Waals surface area contributed by atoms with Gasteiger partial charge in [-0.1, -0.05) is 0 Å². The van der Waals surface area contributed by atoms with Crippen molar-refractivity contribution in [2.24, 2.45) is 0 Å². The van der Waals surface area contributed by atoms with Gasteiger partial charge in [-0.05, 0) is 31.0 Å². The normalized spacial score (nSPS) is 18.7. The zero-order valence-corrected chi connectivity index (χ0v) is 12.1. The van der Waals surface area contributed by atoms with Gasteiger partial charge in [0.05, 0.1) is 5.39 Å². The van der Waals surface area contributed by atoms with Crippen LogP contribution in [-0.2, 0) is 0 Å². The summed E-state index contributed by atoms with van der Waals surface area (Å²) in [5, 5.41) is 7.81. The molecule has 4 rings (SSSR count). The second kappa shape index (κ2) is 5.25. The number of pyridine rings is 1. The minimum absolute atomic E-state index is 0.361. The molecule has 0 unspecified atom stereocenters. The van der Waals surface area contributed by atoms with Crippen LogP contribution in [0.2, 0.25) is 0 Å². The number of piperidine rings is 1. The van der Waals surface area contributed by atoms with Crippen molar-refractivity contribution in [2.75, 3.05) is 23.7 Å². The van der Waals surface area contributed by atoms with Gasteiger partial charge in [0.2, 0.25) is 5.95 Å². The Labute approximate surface area is 127 Å². The van der Waals surface area contributed by atoms with Gasteiger partial charge in [0.25, 0.3) is 0 Å². The van der Waals surface area contributed by atoms with E-state index in [0.29, 0.717) is 17.4 Å². The van der Waals surface area contributed by atoms with Crippen LogP contribution < -0.4 is 10.6 Å². The number of hydrogen-bond donors (Lipinski definition) is 2. The number of aromatic amines is 1. The van der Waals surface area contributed by atoms with Crippen molar-refractivity contribution in [1.82, 2.24) is 25.1 Å². The second-order valence-corrected chi connectivity index (χ2v) is 5.58. The van der Waals surface area contributed by atoms with Crippen molar-refractivity contribution in [3.05, 3.63) is 36.3 Å². The molecule has 0 bridgehead atoms. The average molecular weight is 295 g/mol. The summed E-state index contributed by atoms with van der Waals surface area (Å²) in [6.45, 7) is 1.86. The first-order chi connectivity index (χ1) is 10.8. The molecule has 3 aromatic heterocycles. The van der Waals surface area contributed by atoms with E-state index in [1.54, 1.807) is 12.4 Å². The lowest BCUT2D eigenvalue weighted by molar-refractivity contribution is 0.496. The van der Waals surface area contributed by atoms with Crippen molar-refractivity contribution in [3.63, 3.8) is 0 Å². The van der Waals surface area contributed by atoms with Crippen LogP contribution >= 0.6 is 0 Å². The fourth-order valence-corrected chi connectivity index (χ4v) is 3.01. The predicted molar refractivity (Wildman–Crippen MR) is 84.5 cm³/mol. The largest absolute Gasteiger partial charge is 0.384 e. The van der Waals surface area contributed by atoms with Gasteiger partial charge in [-0.15, -0.1) is 0 Å². The van der Waals surface area contributed by atoms with Crippen molar-refractivity contribution < 1.29 is 0 Å². The number of nitrogens with one attached hydrogen (secondary N) is 1. The molecule has 1 aliphatic heterocycles. The van der Waals surface area contributed by atoms with Crippen molar-refractivity contribution in [3.8, 4) is 0 Å². The minimum atomic E-state index is 0.361. The molecule has 4 heterocycles. The Bertz CT molecular complexity index is 783. The van der Waals surface area contributed by atoms with Crippen LogP contribution in [0.4, 0.5) is 11.8 Å². The van der Waals surface area contributed by atoms with Crippen molar-refractivity contribution >= 4 is 22.8 Å². The van der Waals surface area contributed by atoms with E-state index >= 15 is 0 Å². The number of hydrogen-bond acceptors (Lipinski definition) is 6. The van der Waals surface area contributed by atoms with Crippen LogP contribution in [0.5, 0.6) is 0 Å². The minimum Gasteiger partial charge on any atom is -0.384 e. The standard InChI is InChI=1S/C15H17N7/c16-13-11-4-5-12(19-14(11)21-20-13)10-3-1-8-22(9-10)15-17-6-2-7-18-15/h2,4-7,10H,1,3,8-9H2,(H3,16,19,20,21)/t10-/m1/s1. The van der Waals surface area contributed by atoms with Crippen LogP contribution in [0.3, 0.4) is 0 Å². The average Bonchev–Trinajstić information content (AvgIpc) is 2.96. The van der Waals surface area contributed by atoms with E-state index in [-0.39, 0.29) is 0 Å². The number of H-pyrrole nitrogens is 1. The molecule has 1 fully saturated rings. The number of aromatic nitrogens is 5. The van der Waals surface area contributed by atoms with Gasteiger partial charge in [0.1, 0.15) is 5.82 Å². The number of nitrogen functional groups attached to an aromatic ring is 1. The molecule has 0 saturated carbocycles. The summed E-state index contributed by atoms with van der Waals surface area (Å²) >= 11 is 0. The monoisotopic (exact) mass is 295 g/mol. The molecule has 1 saturated heterocycles. The van der Waals surface area contributed by atoms with Gasteiger partial charge in [0, 0.05) is 37.1 Å². The summed E-state index contributed by atoms with van der Waals surface area (Å²) in [5.41, 5.74) is 7.56. The number of nitrogens with zero attached hydrogens (tertiary/aromatic N) is 5. The summed E-state index contributed by atoms with van der Waals surface area (Å²) in [7, 11) is 0. The van der Waals surface area contributed by atoms with Gasteiger partial charge in [0.15, 0.2) is 5.65 Å². The maximum atomic E-state index is 5.82. The molecule has 22 heavy (non-hydrogen) atoms. The molecule has 3 aromatic rings. The second-order valence-electron chi connectivity index (χ2n) is 5.58. The van der Waals surface area contributed by atoms with Crippen LogP contribution in [0, 0.1) is 0 Å². The van der Waals surface area contributed by atoms with Gasteiger partial charge in [-0.25, -0.2) is 15.0 Å². The molecule has 0 aliphatic carbocycles. The smallest absolute Gasteiger partial charge is 0.225 e. The van der Waals surface area contributed by atoms with Crippen LogP contribution in [0.15, 0.2) is 30.6 Å². The van der Waals surface area contributed by atoms with Gasteiger partial charge >= 0.3 is 0 Å². The molecule has 0 aromatic carbocycles. The maximum absolute atomic E-state index is 5.82. The molecule has 7 nitrogen and oxygen atoms in total. The topological polar surface area (TPSA) is 96.6 Å². The molecule has 3 N–H and O–H groups in total. The highest BCUT2D eigenvalue weighted by atomic mass is 15.3. The molecule has 1 aliphatic rings. The fraction of sp³-hybridized carbons (Fsp3) is 0.333. The molecular formula is C15H17N7. The lowest BCUT2D eigenvalue weighted by Gasteiger charge is -2.32. The lowest BCUT2D eigenvalue weighted by Crippen LogP contribution is -2.35. The molecule has 7 heteroatoms.